The van der Waals surface area contributed by atoms with E-state index in [4.69, 9.17) is 17.3 Å². The van der Waals surface area contributed by atoms with E-state index in [-0.39, 0.29) is 13.8 Å². The second kappa shape index (κ2) is 4.21. The molecule has 0 saturated heterocycles. The minimum atomic E-state index is -0.495. The molecule has 0 aliphatic carbocycles. The van der Waals surface area contributed by atoms with Crippen molar-refractivity contribution in [1.82, 2.24) is 0 Å². The molecule has 1 aromatic rings. The first-order valence-corrected chi connectivity index (χ1v) is 3.14. The number of nitrogens with two attached hydrogens (primary N) is 1. The van der Waals surface area contributed by atoms with Crippen molar-refractivity contribution in [3.63, 3.8) is 0 Å². The lowest BCUT2D eigenvalue weighted by molar-refractivity contribution is -0.0000103. The number of carbonyl (C=O) groups is 1. The Morgan fingerprint density at radius 1 is 1.45 bits per heavy atom. The zero-order chi connectivity index (χ0) is 7.56. The van der Waals surface area contributed by atoms with Gasteiger partial charge in [0.05, 0.1) is 10.6 Å². The fourth-order valence-corrected chi connectivity index (χ4v) is 0.890. The molecule has 0 aromatic heterocycles. The van der Waals surface area contributed by atoms with Gasteiger partial charge in [-0.05, 0) is 12.1 Å². The number of hydrogen-bond donors (Lipinski definition) is 1. The summed E-state index contributed by atoms with van der Waals surface area (Å²) in [6.07, 6.45) is 0. The summed E-state index contributed by atoms with van der Waals surface area (Å²) in [4.78, 5) is 10.6. The molecule has 0 heterocycles. The highest BCUT2D eigenvalue weighted by atomic mass is 35.5. The maximum Gasteiger partial charge on any atom is 1.00 e. The van der Waals surface area contributed by atoms with Gasteiger partial charge in [0.2, 0.25) is 5.91 Å². The van der Waals surface area contributed by atoms with Crippen LogP contribution in [0.2, 0.25) is 5.02 Å². The monoisotopic (exact) mass is 191 g/mol. The maximum atomic E-state index is 10.6. The topological polar surface area (TPSA) is 43.1 Å². The smallest absolute Gasteiger partial charge is 1.00 e. The molecule has 60 valence electrons. The van der Waals surface area contributed by atoms with Crippen LogP contribution >= 0.6 is 11.6 Å². The van der Waals surface area contributed by atoms with Gasteiger partial charge in [-0.15, -0.1) is 0 Å². The van der Waals surface area contributed by atoms with Crippen molar-refractivity contribution in [1.29, 1.82) is 0 Å². The molecule has 4 heteroatoms. The van der Waals surface area contributed by atoms with Gasteiger partial charge in [0.15, 0.2) is 0 Å². The predicted octanol–water partition coefficient (Wildman–Crippen LogP) is -1.44. The summed E-state index contributed by atoms with van der Waals surface area (Å²) in [5, 5.41) is 0.398. The number of amides is 1. The van der Waals surface area contributed by atoms with Gasteiger partial charge >= 0.3 is 1.43 Å². The molecule has 2 N–H and O–H groups in total. The summed E-state index contributed by atoms with van der Waals surface area (Å²) in [5.41, 5.74) is 5.36. The van der Waals surface area contributed by atoms with Crippen LogP contribution in [0.15, 0.2) is 24.3 Å². The van der Waals surface area contributed by atoms with Crippen molar-refractivity contribution in [3.05, 3.63) is 34.9 Å². The van der Waals surface area contributed by atoms with Crippen molar-refractivity contribution in [2.45, 2.75) is 0 Å². The minimum Gasteiger partial charge on any atom is -1.00 e. The van der Waals surface area contributed by atoms with E-state index in [9.17, 15) is 4.79 Å². The van der Waals surface area contributed by atoms with E-state index in [2.05, 4.69) is 0 Å². The standard InChI is InChI=1S/C7H6ClNO.ClH/c8-6-4-2-1-3-5(6)7(9)10;/h1-4H,(H2,9,10);1H. The minimum absolute atomic E-state index is 0. The molecule has 11 heavy (non-hydrogen) atoms. The number of carbonyl (C=O) groups excluding carboxylic acids is 1. The lowest BCUT2D eigenvalue weighted by Crippen LogP contribution is -3.00. The lowest BCUT2D eigenvalue weighted by Gasteiger charge is -1.95. The third-order valence-corrected chi connectivity index (χ3v) is 1.47. The second-order valence-electron chi connectivity index (χ2n) is 1.84. The van der Waals surface area contributed by atoms with Crippen LogP contribution in [-0.2, 0) is 0 Å². The predicted molar refractivity (Wildman–Crippen MR) is 41.1 cm³/mol. The number of rotatable bonds is 1. The number of benzene rings is 1. The SMILES string of the molecule is NC(=O)c1ccccc1Cl.[Cl-].[H+]. The van der Waals surface area contributed by atoms with Crippen molar-refractivity contribution < 1.29 is 18.6 Å². The molecular weight excluding hydrogens is 185 g/mol. The molecule has 1 aromatic carbocycles. The van der Waals surface area contributed by atoms with Gasteiger partial charge in [-0.3, -0.25) is 4.79 Å². The van der Waals surface area contributed by atoms with Gasteiger partial charge in [-0.1, -0.05) is 23.7 Å². The summed E-state index contributed by atoms with van der Waals surface area (Å²) in [7, 11) is 0. The first-order valence-electron chi connectivity index (χ1n) is 2.76. The summed E-state index contributed by atoms with van der Waals surface area (Å²) in [5.74, 6) is -0.495. The van der Waals surface area contributed by atoms with E-state index in [1.165, 1.54) is 0 Å². The Labute approximate surface area is 77.2 Å². The summed E-state index contributed by atoms with van der Waals surface area (Å²) in [6, 6.07) is 6.67. The fourth-order valence-electron chi connectivity index (χ4n) is 0.661. The van der Waals surface area contributed by atoms with Gasteiger partial charge < -0.3 is 18.1 Å². The van der Waals surface area contributed by atoms with E-state index >= 15 is 0 Å². The van der Waals surface area contributed by atoms with Gasteiger partial charge in [0.1, 0.15) is 0 Å². The molecule has 1 amide bonds. The lowest BCUT2D eigenvalue weighted by atomic mass is 10.2. The molecule has 0 unspecified atom stereocenters. The Balaban J connectivity index is 0. The molecule has 0 aliphatic heterocycles. The first-order chi connectivity index (χ1) is 4.72. The molecule has 0 radical (unpaired) electrons. The zero-order valence-corrected chi connectivity index (χ0v) is 7.06. The van der Waals surface area contributed by atoms with E-state index < -0.39 is 5.91 Å². The first kappa shape index (κ1) is 10.3. The number of hydrogen-bond acceptors (Lipinski definition) is 1. The highest BCUT2D eigenvalue weighted by Gasteiger charge is 2.02. The number of halogens is 2. The van der Waals surface area contributed by atoms with Crippen LogP contribution in [0.5, 0.6) is 0 Å². The van der Waals surface area contributed by atoms with Crippen LogP contribution in [0.25, 0.3) is 0 Å². The average Bonchev–Trinajstić information content (AvgIpc) is 1.88. The maximum absolute atomic E-state index is 10.6. The molecule has 0 bridgehead atoms. The van der Waals surface area contributed by atoms with Crippen LogP contribution < -0.4 is 18.1 Å². The van der Waals surface area contributed by atoms with E-state index in [0.717, 1.165) is 0 Å². The molecule has 0 fully saturated rings. The molecule has 0 aliphatic rings. The third-order valence-electron chi connectivity index (χ3n) is 1.14. The summed E-state index contributed by atoms with van der Waals surface area (Å²) >= 11 is 5.62. The Morgan fingerprint density at radius 2 is 2.00 bits per heavy atom. The third kappa shape index (κ3) is 2.41. The van der Waals surface area contributed by atoms with Crippen molar-refractivity contribution in [2.75, 3.05) is 0 Å². The Kier molecular flexibility index (Phi) is 3.93. The van der Waals surface area contributed by atoms with Crippen LogP contribution in [0.4, 0.5) is 0 Å². The molecule has 2 nitrogen and oxygen atoms in total. The van der Waals surface area contributed by atoms with Gasteiger partial charge in [0.25, 0.3) is 0 Å². The second-order valence-corrected chi connectivity index (χ2v) is 2.25. The number of primary amides is 1. The largest absolute Gasteiger partial charge is 1.00 e. The average molecular weight is 192 g/mol. The zero-order valence-electron chi connectivity index (χ0n) is 6.55. The molecule has 0 saturated carbocycles. The van der Waals surface area contributed by atoms with E-state index in [1.807, 2.05) is 0 Å². The van der Waals surface area contributed by atoms with Gasteiger partial charge in [-0.25, -0.2) is 0 Å². The Bertz CT molecular complexity index is 267. The van der Waals surface area contributed by atoms with Crippen LogP contribution in [0, 0.1) is 0 Å². The summed E-state index contributed by atoms with van der Waals surface area (Å²) in [6.45, 7) is 0. The van der Waals surface area contributed by atoms with Crippen LogP contribution in [-0.4, -0.2) is 5.91 Å². The Hall–Kier alpha value is -0.730. The van der Waals surface area contributed by atoms with Crippen LogP contribution in [0.3, 0.4) is 0 Å². The molecule has 1 rings (SSSR count). The van der Waals surface area contributed by atoms with Crippen molar-refractivity contribution >= 4 is 17.5 Å². The highest BCUT2D eigenvalue weighted by molar-refractivity contribution is 6.33. The molecule has 0 spiro atoms. The van der Waals surface area contributed by atoms with E-state index in [1.54, 1.807) is 24.3 Å². The van der Waals surface area contributed by atoms with Crippen molar-refractivity contribution in [2.24, 2.45) is 5.73 Å². The van der Waals surface area contributed by atoms with Crippen molar-refractivity contribution in [3.8, 4) is 0 Å². The van der Waals surface area contributed by atoms with E-state index in [0.29, 0.717) is 10.6 Å². The fraction of sp³-hybridized carbons (Fsp3) is 0. The van der Waals surface area contributed by atoms with Gasteiger partial charge in [-0.2, -0.15) is 0 Å². The molecule has 0 atom stereocenters. The molecular formula is C7H7Cl2NO. The normalized spacial score (nSPS) is 8.45. The summed E-state index contributed by atoms with van der Waals surface area (Å²) < 4.78 is 0. The van der Waals surface area contributed by atoms with Gasteiger partial charge in [0, 0.05) is 0 Å². The Morgan fingerprint density at radius 3 is 2.36 bits per heavy atom. The van der Waals surface area contributed by atoms with Crippen LogP contribution in [0.1, 0.15) is 11.8 Å². The quantitative estimate of drug-likeness (QED) is 0.581. The highest BCUT2D eigenvalue weighted by Crippen LogP contribution is 2.13.